The Morgan fingerprint density at radius 2 is 2.11 bits per heavy atom. The molecule has 1 fully saturated rings. The monoisotopic (exact) mass is 281 g/mol. The van der Waals surface area contributed by atoms with Gasteiger partial charge in [-0.05, 0) is 7.05 Å². The maximum absolute atomic E-state index is 10.9. The molecule has 9 nitrogen and oxygen atoms in total. The van der Waals surface area contributed by atoms with Gasteiger partial charge in [-0.2, -0.15) is 0 Å². The van der Waals surface area contributed by atoms with Crippen LogP contribution in [0.4, 0.5) is 0 Å². The Morgan fingerprint density at radius 1 is 1.53 bits per heavy atom. The molecule has 1 aliphatic rings. The molecular formula is C10H19NO8. The number of rotatable bonds is 5. The number of hydrogen-bond donors (Lipinski definition) is 7. The minimum Gasteiger partial charge on any atom is -0.477 e. The van der Waals surface area contributed by atoms with E-state index in [0.717, 1.165) is 0 Å². The minimum absolute atomic E-state index is 0.591. The predicted octanol–water partition coefficient (Wildman–Crippen LogP) is -3.79. The Balaban J connectivity index is 2.99. The van der Waals surface area contributed by atoms with E-state index in [2.05, 4.69) is 5.32 Å². The van der Waals surface area contributed by atoms with Crippen molar-refractivity contribution < 1.29 is 40.2 Å². The average molecular weight is 281 g/mol. The first-order valence-corrected chi connectivity index (χ1v) is 5.72. The molecule has 1 aliphatic heterocycles. The molecule has 19 heavy (non-hydrogen) atoms. The number of aliphatic carboxylic acids is 1. The van der Waals surface area contributed by atoms with Gasteiger partial charge in [0, 0.05) is 6.42 Å². The molecule has 6 atom stereocenters. The van der Waals surface area contributed by atoms with Crippen LogP contribution in [0.5, 0.6) is 0 Å². The number of likely N-dealkylation sites (N-methyl/N-ethyl adjacent to an activating group) is 1. The number of nitrogens with one attached hydrogen (secondary N) is 1. The van der Waals surface area contributed by atoms with Crippen molar-refractivity contribution in [2.75, 3.05) is 13.7 Å². The molecule has 0 aromatic rings. The first-order chi connectivity index (χ1) is 8.76. The lowest BCUT2D eigenvalue weighted by Gasteiger charge is -2.44. The topological polar surface area (TPSA) is 160 Å². The van der Waals surface area contributed by atoms with Crippen LogP contribution in [-0.4, -0.2) is 86.5 Å². The lowest BCUT2D eigenvalue weighted by molar-refractivity contribution is -0.295. The molecule has 4 unspecified atom stereocenters. The fraction of sp³-hybridized carbons (Fsp3) is 0.900. The second-order valence-corrected chi connectivity index (χ2v) is 4.50. The third kappa shape index (κ3) is 3.20. The molecule has 0 saturated carbocycles. The maximum Gasteiger partial charge on any atom is 0.364 e. The van der Waals surface area contributed by atoms with Gasteiger partial charge in [0.15, 0.2) is 0 Å². The molecule has 0 spiro atoms. The van der Waals surface area contributed by atoms with Gasteiger partial charge in [-0.15, -0.1) is 0 Å². The van der Waals surface area contributed by atoms with Crippen molar-refractivity contribution in [2.24, 2.45) is 0 Å². The predicted molar refractivity (Wildman–Crippen MR) is 60.0 cm³/mol. The summed E-state index contributed by atoms with van der Waals surface area (Å²) in [7, 11) is 1.44. The van der Waals surface area contributed by atoms with E-state index in [9.17, 15) is 25.2 Å². The molecule has 1 heterocycles. The van der Waals surface area contributed by atoms with Gasteiger partial charge < -0.3 is 40.7 Å². The molecule has 0 aromatic heterocycles. The summed E-state index contributed by atoms with van der Waals surface area (Å²) in [5.74, 6) is -4.37. The average Bonchev–Trinajstić information content (AvgIpc) is 2.36. The summed E-state index contributed by atoms with van der Waals surface area (Å²) < 4.78 is 4.91. The summed E-state index contributed by atoms with van der Waals surface area (Å²) in [6, 6.07) is -0.907. The molecule has 112 valence electrons. The van der Waals surface area contributed by atoms with Gasteiger partial charge in [-0.3, -0.25) is 0 Å². The van der Waals surface area contributed by atoms with Crippen molar-refractivity contribution >= 4 is 5.97 Å². The third-order valence-electron chi connectivity index (χ3n) is 3.17. The summed E-state index contributed by atoms with van der Waals surface area (Å²) in [5, 5.41) is 59.0. The van der Waals surface area contributed by atoms with Crippen LogP contribution in [-0.2, 0) is 9.53 Å². The zero-order valence-corrected chi connectivity index (χ0v) is 10.3. The first kappa shape index (κ1) is 16.2. The van der Waals surface area contributed by atoms with Crippen molar-refractivity contribution in [3.05, 3.63) is 0 Å². The highest BCUT2D eigenvalue weighted by Gasteiger charge is 2.53. The van der Waals surface area contributed by atoms with Crippen LogP contribution in [0.3, 0.4) is 0 Å². The molecule has 0 radical (unpaired) electrons. The smallest absolute Gasteiger partial charge is 0.364 e. The summed E-state index contributed by atoms with van der Waals surface area (Å²) in [5.41, 5.74) is 0. The van der Waals surface area contributed by atoms with Crippen LogP contribution in [0.2, 0.25) is 0 Å². The Kier molecular flexibility index (Phi) is 5.21. The zero-order chi connectivity index (χ0) is 14.8. The van der Waals surface area contributed by atoms with E-state index in [-0.39, 0.29) is 0 Å². The van der Waals surface area contributed by atoms with Crippen LogP contribution in [0.25, 0.3) is 0 Å². The third-order valence-corrected chi connectivity index (χ3v) is 3.17. The Hall–Kier alpha value is -0.810. The van der Waals surface area contributed by atoms with Crippen LogP contribution >= 0.6 is 0 Å². The maximum atomic E-state index is 10.9. The van der Waals surface area contributed by atoms with Crippen molar-refractivity contribution in [1.82, 2.24) is 5.32 Å². The Bertz CT molecular complexity index is 327. The van der Waals surface area contributed by atoms with E-state index in [0.29, 0.717) is 0 Å². The van der Waals surface area contributed by atoms with Gasteiger partial charge in [-0.25, -0.2) is 4.79 Å². The lowest BCUT2D eigenvalue weighted by atomic mass is 9.89. The van der Waals surface area contributed by atoms with Gasteiger partial charge in [0.25, 0.3) is 5.79 Å². The Labute approximate surface area is 109 Å². The highest BCUT2D eigenvalue weighted by molar-refractivity contribution is 5.75. The van der Waals surface area contributed by atoms with Crippen molar-refractivity contribution in [2.45, 2.75) is 42.7 Å². The Morgan fingerprint density at radius 3 is 2.53 bits per heavy atom. The summed E-state index contributed by atoms with van der Waals surface area (Å²) in [4.78, 5) is 10.9. The fourth-order valence-corrected chi connectivity index (χ4v) is 2.08. The number of aliphatic hydroxyl groups excluding tert-OH is 4. The van der Waals surface area contributed by atoms with Gasteiger partial charge in [0.2, 0.25) is 0 Å². The van der Waals surface area contributed by atoms with Crippen molar-refractivity contribution in [3.8, 4) is 0 Å². The van der Waals surface area contributed by atoms with Gasteiger partial charge >= 0.3 is 5.97 Å². The first-order valence-electron chi connectivity index (χ1n) is 5.72. The number of carbonyl (C=O) groups is 1. The zero-order valence-electron chi connectivity index (χ0n) is 10.3. The number of ether oxygens (including phenoxy) is 1. The molecule has 0 amide bonds. The normalized spacial score (nSPS) is 38.7. The second kappa shape index (κ2) is 6.09. The largest absolute Gasteiger partial charge is 0.477 e. The number of carboxylic acids is 1. The van der Waals surface area contributed by atoms with E-state index in [1.165, 1.54) is 7.05 Å². The van der Waals surface area contributed by atoms with E-state index < -0.39 is 55.2 Å². The molecule has 0 bridgehead atoms. The van der Waals surface area contributed by atoms with Crippen LogP contribution in [0.1, 0.15) is 6.42 Å². The van der Waals surface area contributed by atoms with Crippen LogP contribution < -0.4 is 5.32 Å². The highest BCUT2D eigenvalue weighted by atomic mass is 16.7. The van der Waals surface area contributed by atoms with E-state index in [4.69, 9.17) is 14.9 Å². The van der Waals surface area contributed by atoms with E-state index in [1.807, 2.05) is 0 Å². The molecule has 1 saturated heterocycles. The molecular weight excluding hydrogens is 262 g/mol. The molecule has 0 aromatic carbocycles. The summed E-state index contributed by atoms with van der Waals surface area (Å²) >= 11 is 0. The standard InChI is InChI=1S/C10H19NO8/c1-11-6-4(13)2-10(18,9(16)17)19-8(6)7(15)5(14)3-12/h4-8,11-15,18H,2-3H2,1H3,(H,16,17)/t4?,5-,6?,7-,8?,10?/m1/s1. The summed E-state index contributed by atoms with van der Waals surface area (Å²) in [6.07, 6.45) is -6.58. The van der Waals surface area contributed by atoms with Gasteiger partial charge in [-0.1, -0.05) is 0 Å². The SMILES string of the molecule is CNC1C(O)CC(O)(C(=O)O)OC1[C@H](O)[C@H](O)CO. The molecule has 1 rings (SSSR count). The van der Waals surface area contributed by atoms with Gasteiger partial charge in [0.05, 0.1) is 18.8 Å². The molecule has 0 aliphatic carbocycles. The summed E-state index contributed by atoms with van der Waals surface area (Å²) in [6.45, 7) is -0.779. The minimum atomic E-state index is -2.66. The lowest BCUT2D eigenvalue weighted by Crippen LogP contribution is -2.66. The highest BCUT2D eigenvalue weighted by Crippen LogP contribution is 2.30. The van der Waals surface area contributed by atoms with E-state index >= 15 is 0 Å². The number of aliphatic hydroxyl groups is 5. The second-order valence-electron chi connectivity index (χ2n) is 4.50. The molecule has 9 heteroatoms. The van der Waals surface area contributed by atoms with Gasteiger partial charge in [0.1, 0.15) is 18.3 Å². The van der Waals surface area contributed by atoms with Crippen molar-refractivity contribution in [1.29, 1.82) is 0 Å². The number of carboxylic acid groups (broad SMARTS) is 1. The van der Waals surface area contributed by atoms with Crippen molar-refractivity contribution in [3.63, 3.8) is 0 Å². The number of hydrogen-bond acceptors (Lipinski definition) is 8. The van der Waals surface area contributed by atoms with E-state index in [1.54, 1.807) is 0 Å². The quantitative estimate of drug-likeness (QED) is 0.268. The fourth-order valence-electron chi connectivity index (χ4n) is 2.08. The van der Waals surface area contributed by atoms with Crippen LogP contribution in [0.15, 0.2) is 0 Å². The van der Waals surface area contributed by atoms with Crippen LogP contribution in [0, 0.1) is 0 Å². The molecule has 7 N–H and O–H groups in total.